The van der Waals surface area contributed by atoms with Crippen molar-refractivity contribution < 1.29 is 4.79 Å². The molecule has 0 saturated heterocycles. The Labute approximate surface area is 130 Å². The molecule has 1 N–H and O–H groups in total. The number of nitrogens with one attached hydrogen (secondary N) is 1. The van der Waals surface area contributed by atoms with Gasteiger partial charge >= 0.3 is 0 Å². The van der Waals surface area contributed by atoms with Gasteiger partial charge in [-0.25, -0.2) is 0 Å². The van der Waals surface area contributed by atoms with E-state index in [-0.39, 0.29) is 5.91 Å². The monoisotopic (exact) mass is 301 g/mol. The van der Waals surface area contributed by atoms with Gasteiger partial charge in [-0.15, -0.1) is 0 Å². The maximum atomic E-state index is 12.3. The van der Waals surface area contributed by atoms with Crippen molar-refractivity contribution in [2.45, 2.75) is 32.1 Å². The van der Waals surface area contributed by atoms with Crippen LogP contribution in [0.5, 0.6) is 0 Å². The lowest BCUT2D eigenvalue weighted by atomic mass is 9.54. The summed E-state index contributed by atoms with van der Waals surface area (Å²) >= 11 is 6.52. The normalized spacial score (nSPS) is 33.1. The minimum absolute atomic E-state index is 0.0955. The molecule has 2 nitrogen and oxygen atoms in total. The van der Waals surface area contributed by atoms with Gasteiger partial charge in [-0.05, 0) is 73.5 Å². The van der Waals surface area contributed by atoms with Gasteiger partial charge in [0, 0.05) is 5.56 Å². The first-order chi connectivity index (χ1) is 10.2. The number of benzene rings is 1. The SMILES string of the molecule is O=C(NC(Cl)=C1C2CC3CC(C2)CC1C3)c1ccccc1. The molecular weight excluding hydrogens is 282 g/mol. The summed E-state index contributed by atoms with van der Waals surface area (Å²) in [5.74, 6) is 2.95. The summed E-state index contributed by atoms with van der Waals surface area (Å²) in [5, 5.41) is 3.54. The van der Waals surface area contributed by atoms with E-state index in [4.69, 9.17) is 11.6 Å². The van der Waals surface area contributed by atoms with E-state index in [1.165, 1.54) is 37.7 Å². The zero-order valence-electron chi connectivity index (χ0n) is 12.0. The van der Waals surface area contributed by atoms with Gasteiger partial charge < -0.3 is 5.32 Å². The Kier molecular flexibility index (Phi) is 3.30. The van der Waals surface area contributed by atoms with Gasteiger partial charge in [0.15, 0.2) is 0 Å². The lowest BCUT2D eigenvalue weighted by Crippen LogP contribution is -2.41. The third kappa shape index (κ3) is 2.40. The second-order valence-electron chi connectivity index (χ2n) is 6.89. The Balaban J connectivity index is 1.56. The molecule has 0 heterocycles. The molecular formula is C18H20ClNO. The molecule has 1 amide bonds. The van der Waals surface area contributed by atoms with Gasteiger partial charge in [0.05, 0.1) is 0 Å². The average Bonchev–Trinajstić information content (AvgIpc) is 2.47. The van der Waals surface area contributed by atoms with Crippen molar-refractivity contribution in [2.24, 2.45) is 23.7 Å². The van der Waals surface area contributed by atoms with Crippen molar-refractivity contribution in [1.82, 2.24) is 5.32 Å². The molecule has 21 heavy (non-hydrogen) atoms. The van der Waals surface area contributed by atoms with Crippen molar-refractivity contribution in [2.75, 3.05) is 0 Å². The Morgan fingerprint density at radius 2 is 1.52 bits per heavy atom. The van der Waals surface area contributed by atoms with E-state index in [0.29, 0.717) is 22.6 Å². The molecule has 110 valence electrons. The van der Waals surface area contributed by atoms with Crippen LogP contribution in [0.2, 0.25) is 0 Å². The molecule has 4 fully saturated rings. The second kappa shape index (κ2) is 5.17. The minimum Gasteiger partial charge on any atom is -0.312 e. The predicted molar refractivity (Wildman–Crippen MR) is 83.8 cm³/mol. The second-order valence-corrected chi connectivity index (χ2v) is 7.27. The van der Waals surface area contributed by atoms with Crippen molar-refractivity contribution in [3.8, 4) is 0 Å². The van der Waals surface area contributed by atoms with E-state index in [2.05, 4.69) is 5.32 Å². The van der Waals surface area contributed by atoms with Gasteiger partial charge in [-0.3, -0.25) is 4.79 Å². The van der Waals surface area contributed by atoms with Gasteiger partial charge in [0.1, 0.15) is 5.16 Å². The fourth-order valence-corrected chi connectivity index (χ4v) is 5.28. The van der Waals surface area contributed by atoms with Gasteiger partial charge in [0.2, 0.25) is 0 Å². The van der Waals surface area contributed by atoms with Crippen LogP contribution in [0.4, 0.5) is 0 Å². The van der Waals surface area contributed by atoms with Gasteiger partial charge in [-0.2, -0.15) is 0 Å². The highest BCUT2D eigenvalue weighted by atomic mass is 35.5. The van der Waals surface area contributed by atoms with Gasteiger partial charge in [0.25, 0.3) is 5.91 Å². The molecule has 4 aliphatic carbocycles. The average molecular weight is 302 g/mol. The summed E-state index contributed by atoms with van der Waals surface area (Å²) in [6.07, 6.45) is 6.54. The molecule has 0 unspecified atom stereocenters. The third-order valence-electron chi connectivity index (χ3n) is 5.53. The van der Waals surface area contributed by atoms with Crippen LogP contribution in [-0.4, -0.2) is 5.91 Å². The van der Waals surface area contributed by atoms with E-state index >= 15 is 0 Å². The molecule has 0 atom stereocenters. The summed E-state index contributed by atoms with van der Waals surface area (Å²) in [4.78, 5) is 12.3. The lowest BCUT2D eigenvalue weighted by molar-refractivity contribution is 0.0682. The van der Waals surface area contributed by atoms with E-state index in [1.54, 1.807) is 0 Å². The van der Waals surface area contributed by atoms with Crippen molar-refractivity contribution >= 4 is 17.5 Å². The Morgan fingerprint density at radius 3 is 2.10 bits per heavy atom. The maximum Gasteiger partial charge on any atom is 0.256 e. The number of amides is 1. The lowest BCUT2D eigenvalue weighted by Gasteiger charge is -2.51. The van der Waals surface area contributed by atoms with Crippen LogP contribution in [-0.2, 0) is 0 Å². The quantitative estimate of drug-likeness (QED) is 0.810. The molecule has 0 aromatic heterocycles. The van der Waals surface area contributed by atoms with Crippen molar-refractivity contribution in [1.29, 1.82) is 0 Å². The molecule has 1 aromatic carbocycles. The zero-order valence-corrected chi connectivity index (χ0v) is 12.8. The molecule has 0 aliphatic heterocycles. The number of carbonyl (C=O) groups is 1. The molecule has 4 saturated carbocycles. The van der Waals surface area contributed by atoms with E-state index in [0.717, 1.165) is 11.8 Å². The minimum atomic E-state index is -0.0955. The van der Waals surface area contributed by atoms with Crippen LogP contribution in [0.15, 0.2) is 41.1 Å². The van der Waals surface area contributed by atoms with E-state index in [9.17, 15) is 4.79 Å². The number of carbonyl (C=O) groups excluding carboxylic acids is 1. The molecule has 4 aliphatic rings. The van der Waals surface area contributed by atoms with Crippen LogP contribution in [0.1, 0.15) is 42.5 Å². The number of rotatable bonds is 2. The summed E-state index contributed by atoms with van der Waals surface area (Å²) < 4.78 is 0. The third-order valence-corrected chi connectivity index (χ3v) is 5.84. The zero-order chi connectivity index (χ0) is 14.4. The van der Waals surface area contributed by atoms with Crippen LogP contribution in [0.25, 0.3) is 0 Å². The number of halogens is 1. The fourth-order valence-electron chi connectivity index (χ4n) is 4.88. The van der Waals surface area contributed by atoms with Gasteiger partial charge in [-0.1, -0.05) is 29.8 Å². The standard InChI is InChI=1S/C18H20ClNO/c19-17(20-18(21)13-4-2-1-3-5-13)16-14-7-11-6-12(9-14)10-15(16)8-11/h1-5,11-12,14-15H,6-10H2,(H,20,21). The van der Waals surface area contributed by atoms with E-state index in [1.807, 2.05) is 30.3 Å². The summed E-state index contributed by atoms with van der Waals surface area (Å²) in [5.41, 5.74) is 2.01. The highest BCUT2D eigenvalue weighted by molar-refractivity contribution is 6.31. The highest BCUT2D eigenvalue weighted by Gasteiger charge is 2.46. The first-order valence-electron chi connectivity index (χ1n) is 7.96. The van der Waals surface area contributed by atoms with Crippen LogP contribution in [0, 0.1) is 23.7 Å². The first kappa shape index (κ1) is 13.4. The highest BCUT2D eigenvalue weighted by Crippen LogP contribution is 2.57. The van der Waals surface area contributed by atoms with Crippen LogP contribution < -0.4 is 5.32 Å². The summed E-state index contributed by atoms with van der Waals surface area (Å²) in [7, 11) is 0. The largest absolute Gasteiger partial charge is 0.312 e. The summed E-state index contributed by atoms with van der Waals surface area (Å²) in [6, 6.07) is 9.30. The van der Waals surface area contributed by atoms with Crippen molar-refractivity contribution in [3.05, 3.63) is 46.6 Å². The smallest absolute Gasteiger partial charge is 0.256 e. The maximum absolute atomic E-state index is 12.3. The van der Waals surface area contributed by atoms with Crippen molar-refractivity contribution in [3.63, 3.8) is 0 Å². The molecule has 5 rings (SSSR count). The Bertz CT molecular complexity index is 562. The summed E-state index contributed by atoms with van der Waals surface area (Å²) in [6.45, 7) is 0. The van der Waals surface area contributed by atoms with Crippen LogP contribution >= 0.6 is 11.6 Å². The molecule has 1 aromatic rings. The Hall–Kier alpha value is -1.28. The number of allylic oxidation sites excluding steroid dienone is 1. The predicted octanol–water partition coefficient (Wildman–Crippen LogP) is 4.32. The topological polar surface area (TPSA) is 29.1 Å². The fraction of sp³-hybridized carbons (Fsp3) is 0.500. The number of hydrogen-bond acceptors (Lipinski definition) is 1. The molecule has 3 heteroatoms. The molecule has 0 spiro atoms. The van der Waals surface area contributed by atoms with Crippen LogP contribution in [0.3, 0.4) is 0 Å². The Morgan fingerprint density at radius 1 is 0.952 bits per heavy atom. The molecule has 4 bridgehead atoms. The van der Waals surface area contributed by atoms with E-state index < -0.39 is 0 Å². The first-order valence-corrected chi connectivity index (χ1v) is 8.34. The molecule has 0 radical (unpaired) electrons. The number of hydrogen-bond donors (Lipinski definition) is 1.